The lowest BCUT2D eigenvalue weighted by atomic mass is 10.0. The summed E-state index contributed by atoms with van der Waals surface area (Å²) in [6.07, 6.45) is 6.73. The van der Waals surface area contributed by atoms with Gasteiger partial charge in [0, 0.05) is 25.0 Å². The largest absolute Gasteiger partial charge is 0.369 e. The number of primary amides is 1. The molecule has 0 radical (unpaired) electrons. The first kappa shape index (κ1) is 14.0. The Morgan fingerprint density at radius 1 is 1.47 bits per heavy atom. The number of nitrogens with two attached hydrogens (primary N) is 1. The number of hydrogen-bond acceptors (Lipinski definition) is 4. The summed E-state index contributed by atoms with van der Waals surface area (Å²) < 4.78 is 0. The van der Waals surface area contributed by atoms with Crippen molar-refractivity contribution in [2.24, 2.45) is 5.73 Å². The minimum absolute atomic E-state index is 0.246. The molecule has 0 spiro atoms. The number of carbonyl (C=O) groups excluding carboxylic acids is 1. The van der Waals surface area contributed by atoms with Crippen LogP contribution < -0.4 is 11.1 Å². The van der Waals surface area contributed by atoms with Gasteiger partial charge in [0.25, 0.3) is 0 Å². The fourth-order valence-electron chi connectivity index (χ4n) is 2.58. The smallest absolute Gasteiger partial charge is 0.231 e. The van der Waals surface area contributed by atoms with Crippen molar-refractivity contribution in [1.82, 2.24) is 15.2 Å². The zero-order valence-corrected chi connectivity index (χ0v) is 11.2. The van der Waals surface area contributed by atoms with Crippen molar-refractivity contribution < 1.29 is 4.79 Å². The van der Waals surface area contributed by atoms with Gasteiger partial charge in [-0.1, -0.05) is 6.07 Å². The van der Waals surface area contributed by atoms with Gasteiger partial charge in [0.2, 0.25) is 5.91 Å². The second-order valence-electron chi connectivity index (χ2n) is 5.03. The van der Waals surface area contributed by atoms with Gasteiger partial charge in [0.1, 0.15) is 0 Å². The number of rotatable bonds is 6. The molecule has 1 aliphatic rings. The average Bonchev–Trinajstić information content (AvgIpc) is 2.45. The lowest BCUT2D eigenvalue weighted by Crippen LogP contribution is -2.47. The zero-order valence-electron chi connectivity index (χ0n) is 11.2. The van der Waals surface area contributed by atoms with E-state index in [-0.39, 0.29) is 5.91 Å². The lowest BCUT2D eigenvalue weighted by Gasteiger charge is -2.33. The molecule has 3 N–H and O–H groups in total. The Kier molecular flexibility index (Phi) is 5.30. The van der Waals surface area contributed by atoms with Crippen LogP contribution >= 0.6 is 0 Å². The molecule has 1 aromatic rings. The minimum atomic E-state index is -0.246. The van der Waals surface area contributed by atoms with Gasteiger partial charge in [0.05, 0.1) is 6.54 Å². The predicted octanol–water partition coefficient (Wildman–Crippen LogP) is 0.163. The Hall–Kier alpha value is -1.46. The molecule has 2 heterocycles. The van der Waals surface area contributed by atoms with Crippen LogP contribution in [0.5, 0.6) is 0 Å². The number of hydrogen-bond donors (Lipinski definition) is 2. The monoisotopic (exact) mass is 262 g/mol. The summed E-state index contributed by atoms with van der Waals surface area (Å²) in [6.45, 7) is 3.25. The first-order valence-corrected chi connectivity index (χ1v) is 6.87. The van der Waals surface area contributed by atoms with E-state index >= 15 is 0 Å². The third-order valence-corrected chi connectivity index (χ3v) is 3.59. The number of carbonyl (C=O) groups is 1. The van der Waals surface area contributed by atoms with E-state index in [4.69, 9.17) is 5.73 Å². The highest BCUT2D eigenvalue weighted by Gasteiger charge is 2.21. The quantitative estimate of drug-likeness (QED) is 0.766. The number of piperidine rings is 1. The molecule has 0 unspecified atom stereocenters. The topological polar surface area (TPSA) is 71.2 Å². The van der Waals surface area contributed by atoms with Crippen LogP contribution in [0.4, 0.5) is 0 Å². The maximum Gasteiger partial charge on any atom is 0.231 e. The van der Waals surface area contributed by atoms with Crippen molar-refractivity contribution in [3.05, 3.63) is 30.1 Å². The molecule has 0 aromatic carbocycles. The summed E-state index contributed by atoms with van der Waals surface area (Å²) in [4.78, 5) is 17.6. The normalized spacial score (nSPS) is 16.7. The van der Waals surface area contributed by atoms with Gasteiger partial charge in [-0.3, -0.25) is 14.7 Å². The molecule has 0 saturated carbocycles. The van der Waals surface area contributed by atoms with Crippen LogP contribution in [-0.4, -0.2) is 48.0 Å². The van der Waals surface area contributed by atoms with Crippen molar-refractivity contribution >= 4 is 5.91 Å². The third-order valence-electron chi connectivity index (χ3n) is 3.59. The van der Waals surface area contributed by atoms with Crippen LogP contribution in [-0.2, 0) is 11.2 Å². The van der Waals surface area contributed by atoms with E-state index in [1.807, 2.05) is 12.3 Å². The highest BCUT2D eigenvalue weighted by Crippen LogP contribution is 2.12. The molecule has 0 aliphatic carbocycles. The van der Waals surface area contributed by atoms with Crippen LogP contribution in [0, 0.1) is 0 Å². The maximum atomic E-state index is 11.2. The van der Waals surface area contributed by atoms with Crippen molar-refractivity contribution in [3.8, 4) is 0 Å². The molecule has 0 bridgehead atoms. The molecule has 0 atom stereocenters. The third kappa shape index (κ3) is 4.61. The molecule has 1 fully saturated rings. The Labute approximate surface area is 114 Å². The summed E-state index contributed by atoms with van der Waals surface area (Å²) in [7, 11) is 0. The predicted molar refractivity (Wildman–Crippen MR) is 74.6 cm³/mol. The van der Waals surface area contributed by atoms with E-state index in [9.17, 15) is 4.79 Å². The van der Waals surface area contributed by atoms with Gasteiger partial charge in [-0.2, -0.15) is 0 Å². The molecule has 1 saturated heterocycles. The van der Waals surface area contributed by atoms with E-state index in [1.54, 1.807) is 6.20 Å². The first-order chi connectivity index (χ1) is 9.25. The summed E-state index contributed by atoms with van der Waals surface area (Å²) in [5.74, 6) is -0.246. The minimum Gasteiger partial charge on any atom is -0.369 e. The number of amides is 1. The molecule has 19 heavy (non-hydrogen) atoms. The number of nitrogens with one attached hydrogen (secondary N) is 1. The van der Waals surface area contributed by atoms with Crippen molar-refractivity contribution in [2.45, 2.75) is 25.3 Å². The van der Waals surface area contributed by atoms with Crippen molar-refractivity contribution in [3.63, 3.8) is 0 Å². The maximum absolute atomic E-state index is 11.2. The first-order valence-electron chi connectivity index (χ1n) is 6.87. The molecular formula is C14H22N4O. The highest BCUT2D eigenvalue weighted by atomic mass is 16.1. The Balaban J connectivity index is 1.91. The van der Waals surface area contributed by atoms with Crippen molar-refractivity contribution in [2.75, 3.05) is 26.2 Å². The van der Waals surface area contributed by atoms with E-state index in [2.05, 4.69) is 21.3 Å². The van der Waals surface area contributed by atoms with Gasteiger partial charge in [-0.25, -0.2) is 0 Å². The molecule has 5 nitrogen and oxygen atoms in total. The number of aromatic nitrogens is 1. The molecule has 5 heteroatoms. The van der Waals surface area contributed by atoms with E-state index in [1.165, 1.54) is 5.56 Å². The fraction of sp³-hybridized carbons (Fsp3) is 0.571. The molecule has 1 aromatic heterocycles. The molecule has 1 amide bonds. The van der Waals surface area contributed by atoms with Crippen molar-refractivity contribution in [1.29, 1.82) is 0 Å². The fourth-order valence-corrected chi connectivity index (χ4v) is 2.58. The summed E-state index contributed by atoms with van der Waals surface area (Å²) in [5.41, 5.74) is 6.56. The van der Waals surface area contributed by atoms with Crippen LogP contribution in [0.25, 0.3) is 0 Å². The van der Waals surface area contributed by atoms with Crippen LogP contribution in [0.2, 0.25) is 0 Å². The van der Waals surface area contributed by atoms with E-state index in [0.29, 0.717) is 12.6 Å². The van der Waals surface area contributed by atoms with Gasteiger partial charge >= 0.3 is 0 Å². The molecule has 1 aliphatic heterocycles. The Morgan fingerprint density at radius 3 is 2.89 bits per heavy atom. The zero-order chi connectivity index (χ0) is 13.5. The molecule has 104 valence electrons. The lowest BCUT2D eigenvalue weighted by molar-refractivity contribution is -0.119. The van der Waals surface area contributed by atoms with E-state index < -0.39 is 0 Å². The standard InChI is InChI=1S/C14H22N4O/c15-14(19)11-18(13-3-7-16-8-4-13)9-5-12-2-1-6-17-10-12/h1-2,6,10,13,16H,3-5,7-9,11H2,(H2,15,19). The number of nitrogens with zero attached hydrogens (tertiary/aromatic N) is 2. The summed E-state index contributed by atoms with van der Waals surface area (Å²) in [6, 6.07) is 4.47. The summed E-state index contributed by atoms with van der Waals surface area (Å²) in [5, 5.41) is 3.34. The second-order valence-corrected chi connectivity index (χ2v) is 5.03. The average molecular weight is 262 g/mol. The van der Waals surface area contributed by atoms with Gasteiger partial charge in [0.15, 0.2) is 0 Å². The van der Waals surface area contributed by atoms with Crippen LogP contribution in [0.1, 0.15) is 18.4 Å². The SMILES string of the molecule is NC(=O)CN(CCc1cccnc1)C1CCNCC1. The molecule has 2 rings (SSSR count). The van der Waals surface area contributed by atoms with Crippen LogP contribution in [0.15, 0.2) is 24.5 Å². The Morgan fingerprint density at radius 2 is 2.26 bits per heavy atom. The van der Waals surface area contributed by atoms with E-state index in [0.717, 1.165) is 38.9 Å². The van der Waals surface area contributed by atoms with Gasteiger partial charge in [-0.05, 0) is 44.0 Å². The van der Waals surface area contributed by atoms with Gasteiger partial charge in [-0.15, -0.1) is 0 Å². The molecular weight excluding hydrogens is 240 g/mol. The van der Waals surface area contributed by atoms with Crippen LogP contribution in [0.3, 0.4) is 0 Å². The van der Waals surface area contributed by atoms with Gasteiger partial charge < -0.3 is 11.1 Å². The summed E-state index contributed by atoms with van der Waals surface area (Å²) >= 11 is 0. The second kappa shape index (κ2) is 7.21. The number of pyridine rings is 1. The Bertz CT molecular complexity index is 390. The highest BCUT2D eigenvalue weighted by molar-refractivity contribution is 5.75.